The molecule has 0 atom stereocenters. The van der Waals surface area contributed by atoms with E-state index in [-0.39, 0.29) is 91.7 Å². The van der Waals surface area contributed by atoms with Crippen LogP contribution in [-0.4, -0.2) is 5.75 Å². The van der Waals surface area contributed by atoms with E-state index in [1.54, 1.807) is 0 Å². The first-order chi connectivity index (χ1) is 4.83. The Hall–Kier alpha value is 2.58. The van der Waals surface area contributed by atoms with Gasteiger partial charge < -0.3 is 34.4 Å². The van der Waals surface area contributed by atoms with Crippen LogP contribution in [0.4, 0.5) is 0 Å². The average Bonchev–Trinajstić information content (AvgIpc) is 1.99. The van der Waals surface area contributed by atoms with Crippen LogP contribution in [0.25, 0.3) is 0 Å². The van der Waals surface area contributed by atoms with Crippen LogP contribution in [0.2, 0.25) is 0 Å². The number of hydrogen-bond donors (Lipinski definition) is 1. The Morgan fingerprint density at radius 3 is 1.00 bits per heavy atom. The van der Waals surface area contributed by atoms with E-state index in [4.69, 9.17) is 0 Å². The second-order valence-electron chi connectivity index (χ2n) is 0.724. The first kappa shape index (κ1) is 65.6. The predicted molar refractivity (Wildman–Crippen MR) is 61.1 cm³/mol. The van der Waals surface area contributed by atoms with Gasteiger partial charge in [0.15, 0.2) is 0 Å². The molecule has 0 nitrogen and oxygen atoms in total. The second kappa shape index (κ2) is 192. The van der Waals surface area contributed by atoms with E-state index >= 15 is 0 Å². The van der Waals surface area contributed by atoms with Crippen molar-refractivity contribution in [2.24, 2.45) is 0 Å². The van der Waals surface area contributed by atoms with Crippen molar-refractivity contribution in [2.45, 2.75) is 13.3 Å². The Morgan fingerprint density at radius 2 is 1.00 bits per heavy atom. The molecule has 0 rings (SSSR count). The van der Waals surface area contributed by atoms with Gasteiger partial charge in [-0.15, -0.1) is 5.75 Å². The van der Waals surface area contributed by atoms with Crippen LogP contribution in [0, 0.1) is 34.4 Å². The number of rotatable bonds is 0. The van der Waals surface area contributed by atoms with Crippen LogP contribution < -0.4 is 0 Å². The first-order valence-corrected chi connectivity index (χ1v) is 3.47. The molecule has 94 valence electrons. The van der Waals surface area contributed by atoms with E-state index in [9.17, 15) is 0 Å². The SMILES string of the molecule is [CH-]=C.[CH-]=C.[CH2-]CC.[CH2-]CS.[CH3-].[W+2].[W].[W].[W]. The summed E-state index contributed by atoms with van der Waals surface area (Å²) in [5.41, 5.74) is 0. The zero-order chi connectivity index (χ0) is 9.41. The van der Waals surface area contributed by atoms with Crippen LogP contribution in [0.3, 0.4) is 0 Å². The van der Waals surface area contributed by atoms with Gasteiger partial charge in [-0.3, -0.25) is 13.2 Å². The molecule has 15 heavy (non-hydrogen) atoms. The largest absolute Gasteiger partial charge is 2.00 e. The van der Waals surface area contributed by atoms with Gasteiger partial charge in [-0.05, 0) is 0 Å². The van der Waals surface area contributed by atoms with Crippen molar-refractivity contribution < 1.29 is 84.3 Å². The van der Waals surface area contributed by atoms with E-state index in [0.717, 1.165) is 6.42 Å². The maximum atomic E-state index is 4.25. The van der Waals surface area contributed by atoms with Crippen LogP contribution in [0.5, 0.6) is 0 Å². The third-order valence-electron chi connectivity index (χ3n) is 0. The summed E-state index contributed by atoms with van der Waals surface area (Å²) in [5, 5.41) is 0. The summed E-state index contributed by atoms with van der Waals surface area (Å²) >= 11 is 3.68. The van der Waals surface area contributed by atoms with Crippen molar-refractivity contribution in [3.8, 4) is 0 Å². The summed E-state index contributed by atoms with van der Waals surface area (Å²) in [7, 11) is 0. The van der Waals surface area contributed by atoms with Gasteiger partial charge in [0, 0.05) is 63.2 Å². The summed E-state index contributed by atoms with van der Waals surface area (Å²) in [6.45, 7) is 22.9. The van der Waals surface area contributed by atoms with Crippen LogP contribution >= 0.6 is 12.6 Å². The fourth-order valence-corrected chi connectivity index (χ4v) is 0. The fourth-order valence-electron chi connectivity index (χ4n) is 0. The standard InChI is InChI=1S/C3H7.C2H5S.2C2H3.CH3.4W/c1-3-2;1-2-3;2*1-2;;;;;/h1,3H2,2H3;3H,1-2H2;2*1H,2H2;1H3;;;;/q5*-1;;;;+2. The quantitative estimate of drug-likeness (QED) is 0.279. The molecule has 5 heteroatoms. The molecule has 0 N–H and O–H groups in total. The van der Waals surface area contributed by atoms with E-state index in [0.29, 0.717) is 5.75 Å². The number of thiol groups is 1. The maximum Gasteiger partial charge on any atom is 2.00 e. The molecule has 0 aliphatic heterocycles. The third-order valence-corrected chi connectivity index (χ3v) is 0. The normalized spacial score (nSPS) is 2.93. The Morgan fingerprint density at radius 1 is 1.00 bits per heavy atom. The first-order valence-electron chi connectivity index (χ1n) is 2.84. The van der Waals surface area contributed by atoms with Crippen LogP contribution in [-0.2, 0) is 84.3 Å². The molecule has 0 aromatic heterocycles. The van der Waals surface area contributed by atoms with E-state index < -0.39 is 0 Å². The topological polar surface area (TPSA) is 0 Å². The van der Waals surface area contributed by atoms with Gasteiger partial charge in [-0.1, -0.05) is 6.92 Å². The van der Waals surface area contributed by atoms with E-state index in [1.807, 2.05) is 6.92 Å². The minimum atomic E-state index is 0. The molecule has 0 saturated heterocycles. The Kier molecular flexibility index (Phi) is 839. The fraction of sp³-hybridized carbons (Fsp3) is 0.300. The van der Waals surface area contributed by atoms with Gasteiger partial charge in [-0.25, -0.2) is 12.6 Å². The van der Waals surface area contributed by atoms with Crippen molar-refractivity contribution in [3.05, 3.63) is 47.6 Å². The molecule has 0 aromatic rings. The van der Waals surface area contributed by atoms with Gasteiger partial charge >= 0.3 is 21.1 Å². The molecule has 0 aliphatic carbocycles. The summed E-state index contributed by atoms with van der Waals surface area (Å²) in [4.78, 5) is 0. The van der Waals surface area contributed by atoms with Crippen molar-refractivity contribution >= 4 is 12.6 Å². The zero-order valence-corrected chi connectivity index (χ0v) is 22.1. The summed E-state index contributed by atoms with van der Waals surface area (Å²) in [5.74, 6) is 0.694. The van der Waals surface area contributed by atoms with E-state index in [2.05, 4.69) is 52.8 Å². The van der Waals surface area contributed by atoms with E-state index in [1.165, 1.54) is 0 Å². The molecule has 0 spiro atoms. The summed E-state index contributed by atoms with van der Waals surface area (Å²) in [6, 6.07) is 0. The molecule has 0 aliphatic rings. The molecule has 0 aromatic carbocycles. The summed E-state index contributed by atoms with van der Waals surface area (Å²) in [6.07, 6.45) is 1.00. The molecule has 0 bridgehead atoms. The van der Waals surface area contributed by atoms with Gasteiger partial charge in [0.05, 0.1) is 0 Å². The molecular formula is C10H21SW4-3. The Balaban J connectivity index is -0.00000000418. The average molecular weight is 909 g/mol. The molecule has 0 heterocycles. The second-order valence-corrected chi connectivity index (χ2v) is 1.17. The van der Waals surface area contributed by atoms with Crippen molar-refractivity contribution in [3.63, 3.8) is 0 Å². The molecule has 0 saturated carbocycles. The monoisotopic (exact) mass is 909 g/mol. The third kappa shape index (κ3) is 529. The minimum absolute atomic E-state index is 0. The molecule has 0 fully saturated rings. The van der Waals surface area contributed by atoms with Gasteiger partial charge in [0.1, 0.15) is 0 Å². The van der Waals surface area contributed by atoms with Crippen molar-refractivity contribution in [2.75, 3.05) is 5.75 Å². The Labute approximate surface area is 161 Å². The Bertz CT molecular complexity index is 29.4. The molecule has 0 radical (unpaired) electrons. The van der Waals surface area contributed by atoms with Gasteiger partial charge in [-0.2, -0.15) is 6.42 Å². The zero-order valence-electron chi connectivity index (χ0n) is 9.48. The predicted octanol–water partition coefficient (Wildman–Crippen LogP) is 3.63. The molecule has 0 amide bonds. The minimum Gasteiger partial charge on any atom is -0.521 e. The van der Waals surface area contributed by atoms with Gasteiger partial charge in [0.2, 0.25) is 0 Å². The van der Waals surface area contributed by atoms with Crippen molar-refractivity contribution in [1.82, 2.24) is 0 Å². The van der Waals surface area contributed by atoms with Crippen LogP contribution in [0.15, 0.2) is 13.2 Å². The van der Waals surface area contributed by atoms with Gasteiger partial charge in [0.25, 0.3) is 0 Å². The summed E-state index contributed by atoms with van der Waals surface area (Å²) < 4.78 is 0. The smallest absolute Gasteiger partial charge is 0.521 e. The molecule has 0 unspecified atom stereocenters. The van der Waals surface area contributed by atoms with Crippen LogP contribution in [0.1, 0.15) is 13.3 Å². The van der Waals surface area contributed by atoms with Crippen molar-refractivity contribution in [1.29, 1.82) is 0 Å². The maximum absolute atomic E-state index is 4.25. The number of hydrogen-bond acceptors (Lipinski definition) is 1. The molecular weight excluding hydrogens is 888 g/mol.